The van der Waals surface area contributed by atoms with Gasteiger partial charge in [0.1, 0.15) is 0 Å². The fourth-order valence-corrected chi connectivity index (χ4v) is 4.76. The Morgan fingerprint density at radius 2 is 2.10 bits per heavy atom. The van der Waals surface area contributed by atoms with Gasteiger partial charge in [-0.2, -0.15) is 4.31 Å². The van der Waals surface area contributed by atoms with Crippen molar-refractivity contribution in [2.75, 3.05) is 19.6 Å². The van der Waals surface area contributed by atoms with Gasteiger partial charge in [-0.1, -0.05) is 36.2 Å². The number of nitrogens with zero attached hydrogens (tertiary/aromatic N) is 1. The summed E-state index contributed by atoms with van der Waals surface area (Å²) in [6.07, 6.45) is 1.66. The van der Waals surface area contributed by atoms with Crippen LogP contribution in [-0.2, 0) is 15.8 Å². The van der Waals surface area contributed by atoms with E-state index in [9.17, 15) is 8.42 Å². The summed E-state index contributed by atoms with van der Waals surface area (Å²) in [6, 6.07) is 5.02. The van der Waals surface area contributed by atoms with Crippen LogP contribution >= 0.6 is 23.2 Å². The van der Waals surface area contributed by atoms with Crippen LogP contribution in [0.25, 0.3) is 0 Å². The van der Waals surface area contributed by atoms with E-state index in [1.54, 1.807) is 22.5 Å². The van der Waals surface area contributed by atoms with E-state index in [4.69, 9.17) is 23.2 Å². The van der Waals surface area contributed by atoms with E-state index in [1.165, 1.54) is 0 Å². The first-order valence-electron chi connectivity index (χ1n) is 7.08. The van der Waals surface area contributed by atoms with Gasteiger partial charge in [0.25, 0.3) is 0 Å². The molecule has 1 aliphatic rings. The summed E-state index contributed by atoms with van der Waals surface area (Å²) in [6.45, 7) is 4.13. The van der Waals surface area contributed by atoms with Crippen molar-refractivity contribution >= 4 is 33.2 Å². The smallest absolute Gasteiger partial charge is 0.218 e. The zero-order valence-corrected chi connectivity index (χ0v) is 14.3. The predicted molar refractivity (Wildman–Crippen MR) is 87.4 cm³/mol. The topological polar surface area (TPSA) is 49.4 Å². The van der Waals surface area contributed by atoms with Crippen LogP contribution in [-0.4, -0.2) is 38.4 Å². The molecule has 0 radical (unpaired) electrons. The minimum Gasteiger partial charge on any atom is -0.315 e. The van der Waals surface area contributed by atoms with Gasteiger partial charge < -0.3 is 5.32 Å². The van der Waals surface area contributed by atoms with Crippen molar-refractivity contribution in [1.29, 1.82) is 0 Å². The second-order valence-electron chi connectivity index (χ2n) is 5.26. The highest BCUT2D eigenvalue weighted by atomic mass is 35.5. The lowest BCUT2D eigenvalue weighted by molar-refractivity contribution is 0.334. The van der Waals surface area contributed by atoms with Crippen LogP contribution in [0.3, 0.4) is 0 Å². The lowest BCUT2D eigenvalue weighted by Crippen LogP contribution is -2.42. The Labute approximate surface area is 136 Å². The number of sulfonamides is 1. The van der Waals surface area contributed by atoms with Gasteiger partial charge in [0.05, 0.1) is 15.8 Å². The summed E-state index contributed by atoms with van der Waals surface area (Å²) in [5.41, 5.74) is 0.663. The number of benzene rings is 1. The van der Waals surface area contributed by atoms with E-state index in [0.29, 0.717) is 22.2 Å². The molecule has 1 atom stereocenters. The quantitative estimate of drug-likeness (QED) is 0.857. The second-order valence-corrected chi connectivity index (χ2v) is 8.00. The molecule has 2 rings (SSSR count). The third-order valence-electron chi connectivity index (χ3n) is 3.58. The van der Waals surface area contributed by atoms with E-state index in [-0.39, 0.29) is 11.8 Å². The van der Waals surface area contributed by atoms with Crippen molar-refractivity contribution in [1.82, 2.24) is 9.62 Å². The maximum Gasteiger partial charge on any atom is 0.218 e. The number of halogens is 2. The van der Waals surface area contributed by atoms with Crippen molar-refractivity contribution in [3.8, 4) is 0 Å². The highest BCUT2D eigenvalue weighted by molar-refractivity contribution is 7.88. The second kappa shape index (κ2) is 7.29. The molecule has 0 aliphatic carbocycles. The normalized spacial score (nSPS) is 19.3. The molecule has 1 fully saturated rings. The van der Waals surface area contributed by atoms with Gasteiger partial charge in [-0.3, -0.25) is 0 Å². The van der Waals surface area contributed by atoms with E-state index in [0.717, 1.165) is 25.9 Å². The lowest BCUT2D eigenvalue weighted by Gasteiger charge is -2.27. The van der Waals surface area contributed by atoms with Crippen molar-refractivity contribution in [3.63, 3.8) is 0 Å². The maximum atomic E-state index is 12.7. The number of hydrogen-bond acceptors (Lipinski definition) is 3. The molecule has 0 spiro atoms. The largest absolute Gasteiger partial charge is 0.315 e. The molecular weight excluding hydrogens is 331 g/mol. The molecule has 1 saturated heterocycles. The third-order valence-corrected chi connectivity index (χ3v) is 6.21. The molecule has 0 amide bonds. The lowest BCUT2D eigenvalue weighted by atomic mass is 10.2. The molecule has 0 aromatic heterocycles. The molecule has 0 saturated carbocycles. The highest BCUT2D eigenvalue weighted by Gasteiger charge is 2.31. The number of rotatable bonds is 6. The molecule has 1 unspecified atom stereocenters. The van der Waals surface area contributed by atoms with E-state index < -0.39 is 10.0 Å². The Morgan fingerprint density at radius 3 is 2.67 bits per heavy atom. The zero-order chi connectivity index (χ0) is 15.5. The summed E-state index contributed by atoms with van der Waals surface area (Å²) < 4.78 is 27.0. The molecular formula is C14H20Cl2N2O2S. The zero-order valence-electron chi connectivity index (χ0n) is 12.0. The molecule has 7 heteroatoms. The first-order valence-corrected chi connectivity index (χ1v) is 9.44. The average molecular weight is 351 g/mol. The average Bonchev–Trinajstić information content (AvgIpc) is 2.93. The molecule has 4 nitrogen and oxygen atoms in total. The fourth-order valence-electron chi connectivity index (χ4n) is 2.58. The van der Waals surface area contributed by atoms with Crippen LogP contribution in [0.2, 0.25) is 10.0 Å². The molecule has 0 bridgehead atoms. The van der Waals surface area contributed by atoms with E-state index in [2.05, 4.69) is 5.32 Å². The summed E-state index contributed by atoms with van der Waals surface area (Å²) >= 11 is 11.8. The maximum absolute atomic E-state index is 12.7. The summed E-state index contributed by atoms with van der Waals surface area (Å²) in [4.78, 5) is 0. The van der Waals surface area contributed by atoms with Crippen molar-refractivity contribution < 1.29 is 8.42 Å². The van der Waals surface area contributed by atoms with Crippen LogP contribution in [0.15, 0.2) is 18.2 Å². The first-order chi connectivity index (χ1) is 9.94. The van der Waals surface area contributed by atoms with Crippen LogP contribution in [0.4, 0.5) is 0 Å². The minimum absolute atomic E-state index is 0.0413. The van der Waals surface area contributed by atoms with Crippen LogP contribution < -0.4 is 5.32 Å². The Hall–Kier alpha value is -0.330. The standard InChI is InChI=1S/C14H20Cl2N2O2S/c1-2-7-18(12-5-6-17-9-12)21(19,20)10-11-3-4-13(15)14(16)8-11/h3-4,8,12,17H,2,5-7,9-10H2,1H3. The molecule has 1 aromatic carbocycles. The summed E-state index contributed by atoms with van der Waals surface area (Å²) in [5.74, 6) is -0.0413. The van der Waals surface area contributed by atoms with E-state index in [1.807, 2.05) is 6.92 Å². The summed E-state index contributed by atoms with van der Waals surface area (Å²) in [7, 11) is -3.36. The first kappa shape index (κ1) is 17.0. The van der Waals surface area contributed by atoms with Gasteiger partial charge in [-0.05, 0) is 37.1 Å². The van der Waals surface area contributed by atoms with E-state index >= 15 is 0 Å². The predicted octanol–water partition coefficient (Wildman–Crippen LogP) is 2.90. The number of hydrogen-bond donors (Lipinski definition) is 1. The fraction of sp³-hybridized carbons (Fsp3) is 0.571. The Bertz CT molecular complexity index is 587. The van der Waals surface area contributed by atoms with Crippen molar-refractivity contribution in [3.05, 3.63) is 33.8 Å². The molecule has 1 N–H and O–H groups in total. The van der Waals surface area contributed by atoms with Gasteiger partial charge in [0.15, 0.2) is 0 Å². The van der Waals surface area contributed by atoms with Gasteiger partial charge in [-0.15, -0.1) is 0 Å². The SMILES string of the molecule is CCCN(C1CCNC1)S(=O)(=O)Cc1ccc(Cl)c(Cl)c1. The molecule has 1 heterocycles. The van der Waals surface area contributed by atoms with Crippen LogP contribution in [0.5, 0.6) is 0 Å². The van der Waals surface area contributed by atoms with Crippen LogP contribution in [0, 0.1) is 0 Å². The van der Waals surface area contributed by atoms with Gasteiger partial charge >= 0.3 is 0 Å². The Kier molecular flexibility index (Phi) is 5.91. The third kappa shape index (κ3) is 4.33. The molecule has 1 aliphatic heterocycles. The minimum atomic E-state index is -3.36. The summed E-state index contributed by atoms with van der Waals surface area (Å²) in [5, 5.41) is 4.04. The molecule has 118 valence electrons. The Balaban J connectivity index is 2.19. The number of nitrogens with one attached hydrogen (secondary N) is 1. The van der Waals surface area contributed by atoms with Gasteiger partial charge in [0, 0.05) is 19.1 Å². The molecule has 1 aromatic rings. The van der Waals surface area contributed by atoms with Gasteiger partial charge in [-0.25, -0.2) is 8.42 Å². The highest BCUT2D eigenvalue weighted by Crippen LogP contribution is 2.25. The molecule has 21 heavy (non-hydrogen) atoms. The van der Waals surface area contributed by atoms with Crippen molar-refractivity contribution in [2.24, 2.45) is 0 Å². The van der Waals surface area contributed by atoms with Gasteiger partial charge in [0.2, 0.25) is 10.0 Å². The Morgan fingerprint density at radius 1 is 1.33 bits per heavy atom. The van der Waals surface area contributed by atoms with Crippen molar-refractivity contribution in [2.45, 2.75) is 31.6 Å². The monoisotopic (exact) mass is 350 g/mol. The van der Waals surface area contributed by atoms with Crippen LogP contribution in [0.1, 0.15) is 25.3 Å².